The van der Waals surface area contributed by atoms with Crippen LogP contribution in [0.3, 0.4) is 0 Å². The van der Waals surface area contributed by atoms with Gasteiger partial charge in [-0.1, -0.05) is 6.07 Å². The number of aryl methyl sites for hydroxylation is 2. The highest BCUT2D eigenvalue weighted by atomic mass is 19.1. The summed E-state index contributed by atoms with van der Waals surface area (Å²) in [6, 6.07) is 10.2. The number of fused-ring (bicyclic) bond motifs is 2. The maximum absolute atomic E-state index is 13.7. The summed E-state index contributed by atoms with van der Waals surface area (Å²) in [5, 5.41) is 0. The Kier molecular flexibility index (Phi) is 4.90. The number of benzene rings is 2. The first-order chi connectivity index (χ1) is 13.6. The molecule has 0 unspecified atom stereocenters. The molecule has 5 nitrogen and oxygen atoms in total. The normalized spacial score (nSPS) is 11.5. The molecule has 0 saturated heterocycles. The average molecular weight is 382 g/mol. The van der Waals surface area contributed by atoms with Crippen molar-refractivity contribution >= 4 is 22.1 Å². The largest absolute Gasteiger partial charge is 0.326 e. The second kappa shape index (κ2) is 7.50. The fraction of sp³-hybridized carbons (Fsp3) is 0.286. The summed E-state index contributed by atoms with van der Waals surface area (Å²) in [5.41, 5.74) is 3.57. The fourth-order valence-electron chi connectivity index (χ4n) is 3.47. The van der Waals surface area contributed by atoms with E-state index in [1.165, 1.54) is 18.3 Å². The maximum Gasteiger partial charge on any atom is 0.269 e. The molecule has 2 aromatic heterocycles. The molecule has 0 saturated carbocycles. The van der Waals surface area contributed by atoms with Gasteiger partial charge in [0.15, 0.2) is 0 Å². The molecule has 0 bridgehead atoms. The van der Waals surface area contributed by atoms with E-state index in [4.69, 9.17) is 0 Å². The summed E-state index contributed by atoms with van der Waals surface area (Å²) in [6.45, 7) is 2.37. The van der Waals surface area contributed by atoms with Gasteiger partial charge in [0.2, 0.25) is 0 Å². The number of imidazole rings is 1. The van der Waals surface area contributed by atoms with Gasteiger partial charge in [-0.05, 0) is 49.6 Å². The quantitative estimate of drug-likeness (QED) is 0.474. The fourth-order valence-corrected chi connectivity index (χ4v) is 3.47. The van der Waals surface area contributed by atoms with Crippen molar-refractivity contribution in [2.75, 3.05) is 6.67 Å². The molecule has 0 aliphatic rings. The lowest BCUT2D eigenvalue weighted by molar-refractivity contribution is 0.446. The molecule has 0 radical (unpaired) electrons. The summed E-state index contributed by atoms with van der Waals surface area (Å²) in [7, 11) is 0. The first-order valence-corrected chi connectivity index (χ1v) is 9.23. The predicted octanol–water partition coefficient (Wildman–Crippen LogP) is 3.99. The molecule has 28 heavy (non-hydrogen) atoms. The van der Waals surface area contributed by atoms with Crippen molar-refractivity contribution in [1.82, 2.24) is 19.1 Å². The molecule has 0 atom stereocenters. The van der Waals surface area contributed by atoms with Crippen LogP contribution in [0.4, 0.5) is 8.78 Å². The van der Waals surface area contributed by atoms with Crippen LogP contribution in [0.15, 0.2) is 47.4 Å². The molecule has 4 aromatic rings. The van der Waals surface area contributed by atoms with Crippen molar-refractivity contribution in [3.05, 3.63) is 70.2 Å². The van der Waals surface area contributed by atoms with E-state index < -0.39 is 0 Å². The van der Waals surface area contributed by atoms with Gasteiger partial charge >= 0.3 is 0 Å². The zero-order chi connectivity index (χ0) is 19.7. The highest BCUT2D eigenvalue weighted by Gasteiger charge is 2.14. The topological polar surface area (TPSA) is 52.7 Å². The summed E-state index contributed by atoms with van der Waals surface area (Å²) in [4.78, 5) is 21.3. The molecule has 0 fully saturated rings. The van der Waals surface area contributed by atoms with E-state index in [1.54, 1.807) is 10.6 Å². The lowest BCUT2D eigenvalue weighted by atomic mass is 10.2. The lowest BCUT2D eigenvalue weighted by Crippen LogP contribution is -2.23. The van der Waals surface area contributed by atoms with Crippen LogP contribution in [0, 0.1) is 12.7 Å². The molecule has 7 heteroatoms. The van der Waals surface area contributed by atoms with E-state index in [1.807, 2.05) is 29.7 Å². The van der Waals surface area contributed by atoms with Crippen LogP contribution in [-0.4, -0.2) is 25.8 Å². The standard InChI is InChI=1S/C21H20F2N4O/c1-14-4-6-18-16(10-14)24-12-21(28)27(18)13-20-25-17-11-15(23)5-7-19(17)26(20)9-3-2-8-22/h4-7,10-12H,2-3,8-9,13H2,1H3. The number of hydrogen-bond donors (Lipinski definition) is 0. The Labute approximate surface area is 160 Å². The lowest BCUT2D eigenvalue weighted by Gasteiger charge is -2.12. The Balaban J connectivity index is 1.83. The molecular formula is C21H20F2N4O. The first-order valence-electron chi connectivity index (χ1n) is 9.23. The van der Waals surface area contributed by atoms with Crippen LogP contribution < -0.4 is 5.56 Å². The third-order valence-corrected chi connectivity index (χ3v) is 4.86. The van der Waals surface area contributed by atoms with Crippen molar-refractivity contribution in [1.29, 1.82) is 0 Å². The van der Waals surface area contributed by atoms with Crippen LogP contribution in [0.1, 0.15) is 24.2 Å². The molecule has 0 N–H and O–H groups in total. The van der Waals surface area contributed by atoms with Crippen molar-refractivity contribution < 1.29 is 8.78 Å². The van der Waals surface area contributed by atoms with Crippen LogP contribution in [0.5, 0.6) is 0 Å². The number of nitrogens with zero attached hydrogens (tertiary/aromatic N) is 4. The number of hydrogen-bond acceptors (Lipinski definition) is 3. The van der Waals surface area contributed by atoms with Crippen LogP contribution in [0.25, 0.3) is 22.1 Å². The molecule has 0 spiro atoms. The SMILES string of the molecule is Cc1ccc2c(c1)ncc(=O)n2Cc1nc2cc(F)ccc2n1CCCCF. The van der Waals surface area contributed by atoms with E-state index in [-0.39, 0.29) is 24.6 Å². The number of unbranched alkanes of at least 4 members (excludes halogenated alkanes) is 1. The number of alkyl halides is 1. The van der Waals surface area contributed by atoms with Gasteiger partial charge in [0.25, 0.3) is 5.56 Å². The van der Waals surface area contributed by atoms with Gasteiger partial charge in [-0.25, -0.2) is 14.4 Å². The van der Waals surface area contributed by atoms with Gasteiger partial charge < -0.3 is 4.57 Å². The minimum atomic E-state index is -0.385. The molecule has 0 aliphatic heterocycles. The average Bonchev–Trinajstić information content (AvgIpc) is 3.00. The predicted molar refractivity (Wildman–Crippen MR) is 105 cm³/mol. The molecule has 144 valence electrons. The van der Waals surface area contributed by atoms with E-state index in [9.17, 15) is 13.6 Å². The summed E-state index contributed by atoms with van der Waals surface area (Å²) >= 11 is 0. The maximum atomic E-state index is 13.7. The van der Waals surface area contributed by atoms with Crippen molar-refractivity contribution in [2.45, 2.75) is 32.9 Å². The van der Waals surface area contributed by atoms with Crippen LogP contribution in [-0.2, 0) is 13.1 Å². The third-order valence-electron chi connectivity index (χ3n) is 4.86. The van der Waals surface area contributed by atoms with Gasteiger partial charge in [-0.2, -0.15) is 0 Å². The zero-order valence-corrected chi connectivity index (χ0v) is 15.5. The first kappa shape index (κ1) is 18.3. The van der Waals surface area contributed by atoms with Crippen molar-refractivity contribution in [3.8, 4) is 0 Å². The Bertz CT molecular complexity index is 1210. The summed E-state index contributed by atoms with van der Waals surface area (Å²) in [6.07, 6.45) is 2.38. The van der Waals surface area contributed by atoms with Gasteiger partial charge in [0, 0.05) is 12.6 Å². The Morgan fingerprint density at radius 2 is 1.79 bits per heavy atom. The van der Waals surface area contributed by atoms with Gasteiger partial charge in [0.1, 0.15) is 11.6 Å². The summed E-state index contributed by atoms with van der Waals surface area (Å²) < 4.78 is 29.8. The molecule has 4 rings (SSSR count). The van der Waals surface area contributed by atoms with Crippen molar-refractivity contribution in [3.63, 3.8) is 0 Å². The second-order valence-corrected chi connectivity index (χ2v) is 6.88. The van der Waals surface area contributed by atoms with Gasteiger partial charge in [-0.3, -0.25) is 13.8 Å². The molecule has 0 aliphatic carbocycles. The number of rotatable bonds is 6. The van der Waals surface area contributed by atoms with E-state index >= 15 is 0 Å². The van der Waals surface area contributed by atoms with E-state index in [0.29, 0.717) is 36.2 Å². The Morgan fingerprint density at radius 3 is 2.61 bits per heavy atom. The monoisotopic (exact) mass is 382 g/mol. The Hall–Kier alpha value is -3.09. The van der Waals surface area contributed by atoms with Crippen LogP contribution in [0.2, 0.25) is 0 Å². The highest BCUT2D eigenvalue weighted by molar-refractivity contribution is 5.77. The smallest absolute Gasteiger partial charge is 0.269 e. The molecule has 2 aromatic carbocycles. The second-order valence-electron chi connectivity index (χ2n) is 6.88. The highest BCUT2D eigenvalue weighted by Crippen LogP contribution is 2.20. The third kappa shape index (κ3) is 3.40. The zero-order valence-electron chi connectivity index (χ0n) is 15.5. The van der Waals surface area contributed by atoms with Crippen LogP contribution >= 0.6 is 0 Å². The van der Waals surface area contributed by atoms with E-state index in [0.717, 1.165) is 16.6 Å². The van der Waals surface area contributed by atoms with Gasteiger partial charge in [-0.15, -0.1) is 0 Å². The number of aromatic nitrogens is 4. The van der Waals surface area contributed by atoms with E-state index in [2.05, 4.69) is 9.97 Å². The molecule has 0 amide bonds. The Morgan fingerprint density at radius 1 is 1.00 bits per heavy atom. The molecule has 2 heterocycles. The molecular weight excluding hydrogens is 362 g/mol. The van der Waals surface area contributed by atoms with Gasteiger partial charge in [0.05, 0.1) is 41.5 Å². The minimum absolute atomic E-state index is 0.229. The summed E-state index contributed by atoms with van der Waals surface area (Å²) in [5.74, 6) is 0.268. The van der Waals surface area contributed by atoms with Crippen molar-refractivity contribution in [2.24, 2.45) is 0 Å². The minimum Gasteiger partial charge on any atom is -0.326 e. The number of halogens is 2.